The quantitative estimate of drug-likeness (QED) is 0.796. The molecule has 86 valence electrons. The van der Waals surface area contributed by atoms with E-state index < -0.39 is 5.54 Å². The van der Waals surface area contributed by atoms with E-state index in [4.69, 9.17) is 0 Å². The fraction of sp³-hybridized carbons (Fsp3) is 0.500. The molecule has 0 aliphatic heterocycles. The van der Waals surface area contributed by atoms with E-state index in [1.165, 1.54) is 0 Å². The highest BCUT2D eigenvalue weighted by atomic mass is 32.2. The molecular weight excluding hydrogens is 218 g/mol. The third-order valence-electron chi connectivity index (χ3n) is 2.03. The van der Waals surface area contributed by atoms with Gasteiger partial charge in [0, 0.05) is 29.1 Å². The minimum Gasteiger partial charge on any atom is -0.297 e. The summed E-state index contributed by atoms with van der Waals surface area (Å²) in [5, 5.41) is 12.5. The third-order valence-corrected chi connectivity index (χ3v) is 3.36. The molecule has 0 spiro atoms. The van der Waals surface area contributed by atoms with Gasteiger partial charge in [-0.25, -0.2) is 0 Å². The number of nitrogens with one attached hydrogen (secondary N) is 1. The summed E-state index contributed by atoms with van der Waals surface area (Å²) in [6.45, 7) is 6.03. The van der Waals surface area contributed by atoms with Crippen LogP contribution in [0.5, 0.6) is 0 Å². The highest BCUT2D eigenvalue weighted by Gasteiger charge is 2.24. The Labute approximate surface area is 101 Å². The number of pyridine rings is 1. The Bertz CT molecular complexity index is 358. The predicted octanol–water partition coefficient (Wildman–Crippen LogP) is 2.45. The van der Waals surface area contributed by atoms with Gasteiger partial charge in [0.1, 0.15) is 5.54 Å². The minimum absolute atomic E-state index is 0.308. The molecule has 0 aliphatic carbocycles. The molecular formula is C12H17N3S. The molecule has 0 aliphatic rings. The first-order valence-corrected chi connectivity index (χ1v) is 6.26. The van der Waals surface area contributed by atoms with Gasteiger partial charge in [-0.3, -0.25) is 10.3 Å². The van der Waals surface area contributed by atoms with Gasteiger partial charge in [0.2, 0.25) is 0 Å². The van der Waals surface area contributed by atoms with Crippen molar-refractivity contribution in [2.24, 2.45) is 0 Å². The number of rotatable bonds is 5. The summed E-state index contributed by atoms with van der Waals surface area (Å²) in [4.78, 5) is 5.11. The van der Waals surface area contributed by atoms with Gasteiger partial charge in [-0.1, -0.05) is 0 Å². The summed E-state index contributed by atoms with van der Waals surface area (Å²) < 4.78 is 0. The Kier molecular flexibility index (Phi) is 4.78. The standard InChI is InChI=1S/C12H17N3S/c1-10(2)15-12(3,8-13)9-16-11-4-6-14-7-5-11/h4-7,10,15H,9H2,1-3H3. The van der Waals surface area contributed by atoms with Gasteiger partial charge in [-0.15, -0.1) is 11.8 Å². The van der Waals surface area contributed by atoms with Crippen molar-refractivity contribution in [1.82, 2.24) is 10.3 Å². The van der Waals surface area contributed by atoms with E-state index in [9.17, 15) is 5.26 Å². The molecule has 1 unspecified atom stereocenters. The van der Waals surface area contributed by atoms with Crippen molar-refractivity contribution in [2.75, 3.05) is 5.75 Å². The van der Waals surface area contributed by atoms with Gasteiger partial charge in [-0.05, 0) is 32.9 Å². The lowest BCUT2D eigenvalue weighted by Crippen LogP contribution is -2.47. The van der Waals surface area contributed by atoms with Crippen LogP contribution in [0.3, 0.4) is 0 Å². The molecule has 0 amide bonds. The number of aromatic nitrogens is 1. The Morgan fingerprint density at radius 3 is 2.62 bits per heavy atom. The molecule has 1 N–H and O–H groups in total. The van der Waals surface area contributed by atoms with Gasteiger partial charge < -0.3 is 0 Å². The van der Waals surface area contributed by atoms with Crippen molar-refractivity contribution >= 4 is 11.8 Å². The summed E-state index contributed by atoms with van der Waals surface area (Å²) >= 11 is 1.67. The maximum Gasteiger partial charge on any atom is 0.113 e. The van der Waals surface area contributed by atoms with Gasteiger partial charge in [0.05, 0.1) is 6.07 Å². The maximum absolute atomic E-state index is 9.17. The molecule has 4 heteroatoms. The molecule has 3 nitrogen and oxygen atoms in total. The normalized spacial score (nSPS) is 14.4. The van der Waals surface area contributed by atoms with E-state index in [0.717, 1.165) is 10.6 Å². The van der Waals surface area contributed by atoms with E-state index >= 15 is 0 Å². The lowest BCUT2D eigenvalue weighted by Gasteiger charge is -2.25. The van der Waals surface area contributed by atoms with Crippen molar-refractivity contribution in [3.05, 3.63) is 24.5 Å². The molecule has 1 aromatic heterocycles. The first kappa shape index (κ1) is 13.0. The Morgan fingerprint density at radius 2 is 2.12 bits per heavy atom. The van der Waals surface area contributed by atoms with Crippen LogP contribution in [-0.2, 0) is 0 Å². The lowest BCUT2D eigenvalue weighted by molar-refractivity contribution is 0.443. The molecule has 0 radical (unpaired) electrons. The van der Waals surface area contributed by atoms with Crippen LogP contribution in [0.25, 0.3) is 0 Å². The highest BCUT2D eigenvalue weighted by Crippen LogP contribution is 2.21. The van der Waals surface area contributed by atoms with E-state index in [1.807, 2.05) is 32.9 Å². The number of nitrogens with zero attached hydrogens (tertiary/aromatic N) is 2. The second kappa shape index (κ2) is 5.88. The molecule has 1 rings (SSSR count). The summed E-state index contributed by atoms with van der Waals surface area (Å²) in [6.07, 6.45) is 3.53. The van der Waals surface area contributed by atoms with Crippen molar-refractivity contribution in [3.8, 4) is 6.07 Å². The van der Waals surface area contributed by atoms with Crippen LogP contribution in [0.2, 0.25) is 0 Å². The molecule has 1 atom stereocenters. The largest absolute Gasteiger partial charge is 0.297 e. The molecule has 0 saturated carbocycles. The van der Waals surface area contributed by atoms with Crippen molar-refractivity contribution in [1.29, 1.82) is 5.26 Å². The second-order valence-electron chi connectivity index (χ2n) is 4.21. The zero-order valence-electron chi connectivity index (χ0n) is 9.90. The number of nitriles is 1. The second-order valence-corrected chi connectivity index (χ2v) is 5.26. The molecule has 0 saturated heterocycles. The average molecular weight is 235 g/mol. The molecule has 0 fully saturated rings. The van der Waals surface area contributed by atoms with Crippen LogP contribution in [0.1, 0.15) is 20.8 Å². The SMILES string of the molecule is CC(C)NC(C)(C#N)CSc1ccncc1. The molecule has 0 bridgehead atoms. The summed E-state index contributed by atoms with van der Waals surface area (Å²) in [5.41, 5.74) is -0.484. The Morgan fingerprint density at radius 1 is 1.50 bits per heavy atom. The van der Waals surface area contributed by atoms with E-state index in [2.05, 4.69) is 16.4 Å². The number of hydrogen-bond donors (Lipinski definition) is 1. The summed E-state index contributed by atoms with van der Waals surface area (Å²) in [5.74, 6) is 0.728. The van der Waals surface area contributed by atoms with Gasteiger partial charge >= 0.3 is 0 Å². The van der Waals surface area contributed by atoms with Gasteiger partial charge in [-0.2, -0.15) is 5.26 Å². The van der Waals surface area contributed by atoms with Crippen molar-refractivity contribution < 1.29 is 0 Å². The smallest absolute Gasteiger partial charge is 0.113 e. The number of hydrogen-bond acceptors (Lipinski definition) is 4. The Balaban J connectivity index is 2.56. The first-order chi connectivity index (χ1) is 7.56. The lowest BCUT2D eigenvalue weighted by atomic mass is 10.1. The highest BCUT2D eigenvalue weighted by molar-refractivity contribution is 7.99. The van der Waals surface area contributed by atoms with E-state index in [-0.39, 0.29) is 0 Å². The minimum atomic E-state index is -0.484. The molecule has 0 aromatic carbocycles. The fourth-order valence-corrected chi connectivity index (χ4v) is 2.32. The maximum atomic E-state index is 9.17. The van der Waals surface area contributed by atoms with Gasteiger partial charge in [0.15, 0.2) is 0 Å². The van der Waals surface area contributed by atoms with Crippen LogP contribution in [-0.4, -0.2) is 22.3 Å². The first-order valence-electron chi connectivity index (χ1n) is 5.27. The summed E-state index contributed by atoms with van der Waals surface area (Å²) in [7, 11) is 0. The monoisotopic (exact) mass is 235 g/mol. The molecule has 1 heterocycles. The average Bonchev–Trinajstić information content (AvgIpc) is 2.27. The third kappa shape index (κ3) is 4.21. The number of thioether (sulfide) groups is 1. The summed E-state index contributed by atoms with van der Waals surface area (Å²) in [6, 6.07) is 6.55. The zero-order valence-corrected chi connectivity index (χ0v) is 10.7. The zero-order chi connectivity index (χ0) is 12.0. The van der Waals surface area contributed by atoms with Crippen molar-refractivity contribution in [3.63, 3.8) is 0 Å². The van der Waals surface area contributed by atoms with Crippen LogP contribution in [0.15, 0.2) is 29.4 Å². The topological polar surface area (TPSA) is 48.7 Å². The van der Waals surface area contributed by atoms with Crippen LogP contribution < -0.4 is 5.32 Å². The van der Waals surface area contributed by atoms with Crippen LogP contribution in [0.4, 0.5) is 0 Å². The molecule has 16 heavy (non-hydrogen) atoms. The Hall–Kier alpha value is -1.05. The van der Waals surface area contributed by atoms with E-state index in [0.29, 0.717) is 6.04 Å². The van der Waals surface area contributed by atoms with Gasteiger partial charge in [0.25, 0.3) is 0 Å². The van der Waals surface area contributed by atoms with E-state index in [1.54, 1.807) is 24.2 Å². The van der Waals surface area contributed by atoms with Crippen LogP contribution >= 0.6 is 11.8 Å². The van der Waals surface area contributed by atoms with Crippen LogP contribution in [0, 0.1) is 11.3 Å². The fourth-order valence-electron chi connectivity index (χ4n) is 1.41. The molecule has 1 aromatic rings. The predicted molar refractivity (Wildman–Crippen MR) is 67.3 cm³/mol. The van der Waals surface area contributed by atoms with Crippen molar-refractivity contribution in [2.45, 2.75) is 37.2 Å².